The van der Waals surface area contributed by atoms with E-state index in [1.54, 1.807) is 48.5 Å². The number of imide groups is 2. The molecule has 2 aliphatic heterocycles. The Bertz CT molecular complexity index is 2290. The Morgan fingerprint density at radius 1 is 0.348 bits per heavy atom. The first-order valence-corrected chi connectivity index (χ1v) is 17.2. The number of halogens is 4. The number of benzene rings is 7. The number of hydrogen-bond acceptors (Lipinski definition) is 4. The minimum atomic E-state index is -0.405. The summed E-state index contributed by atoms with van der Waals surface area (Å²) >= 11 is 13.9. The molecule has 2 heterocycles. The van der Waals surface area contributed by atoms with E-state index in [0.29, 0.717) is 44.4 Å². The van der Waals surface area contributed by atoms with Crippen molar-refractivity contribution in [3.05, 3.63) is 125 Å². The molecule has 0 aliphatic carbocycles. The van der Waals surface area contributed by atoms with Crippen LogP contribution in [0.2, 0.25) is 0 Å². The molecule has 0 bridgehead atoms. The quantitative estimate of drug-likeness (QED) is 0.0986. The molecule has 6 nitrogen and oxygen atoms in total. The van der Waals surface area contributed by atoms with Gasteiger partial charge in [-0.05, 0) is 93.0 Å². The van der Waals surface area contributed by atoms with Crippen molar-refractivity contribution in [2.45, 2.75) is 0 Å². The lowest BCUT2D eigenvalue weighted by atomic mass is 9.82. The average molecular weight is 858 g/mol. The summed E-state index contributed by atoms with van der Waals surface area (Å²) in [5.74, 6) is -1.62. The molecule has 0 saturated heterocycles. The summed E-state index contributed by atoms with van der Waals surface area (Å²) in [5, 5.41) is 6.16. The minimum Gasteiger partial charge on any atom is -0.268 e. The highest BCUT2D eigenvalue weighted by Crippen LogP contribution is 2.47. The summed E-state index contributed by atoms with van der Waals surface area (Å²) in [6.45, 7) is 0. The van der Waals surface area contributed by atoms with Gasteiger partial charge in [0, 0.05) is 50.9 Å². The van der Waals surface area contributed by atoms with Crippen LogP contribution in [0.5, 0.6) is 0 Å². The molecule has 7 aromatic rings. The van der Waals surface area contributed by atoms with E-state index >= 15 is 0 Å². The van der Waals surface area contributed by atoms with Gasteiger partial charge in [-0.25, -0.2) is 9.80 Å². The summed E-state index contributed by atoms with van der Waals surface area (Å²) in [6, 6.07) is 25.3. The fourth-order valence-corrected chi connectivity index (χ4v) is 9.61. The van der Waals surface area contributed by atoms with Crippen LogP contribution < -0.4 is 9.80 Å². The Balaban J connectivity index is 1.30. The summed E-state index contributed by atoms with van der Waals surface area (Å²) in [6.07, 6.45) is 0. The van der Waals surface area contributed by atoms with Crippen LogP contribution in [-0.4, -0.2) is 23.6 Å². The topological polar surface area (TPSA) is 74.8 Å². The third-order valence-electron chi connectivity index (χ3n) is 8.85. The van der Waals surface area contributed by atoms with E-state index in [-0.39, 0.29) is 0 Å². The van der Waals surface area contributed by atoms with Gasteiger partial charge in [0.2, 0.25) is 0 Å². The first-order valence-electron chi connectivity index (χ1n) is 14.0. The maximum absolute atomic E-state index is 14.0. The van der Waals surface area contributed by atoms with Crippen LogP contribution >= 0.6 is 63.7 Å². The Morgan fingerprint density at radius 3 is 0.870 bits per heavy atom. The molecular weight excluding hydrogens is 844 g/mol. The van der Waals surface area contributed by atoms with Gasteiger partial charge in [-0.15, -0.1) is 0 Å². The highest BCUT2D eigenvalue weighted by atomic mass is 79.9. The van der Waals surface area contributed by atoms with Gasteiger partial charge >= 0.3 is 0 Å². The normalized spacial score (nSPS) is 14.6. The Morgan fingerprint density at radius 2 is 0.609 bits per heavy atom. The van der Waals surface area contributed by atoms with Gasteiger partial charge in [0.15, 0.2) is 0 Å². The third-order valence-corrected chi connectivity index (χ3v) is 10.7. The SMILES string of the molecule is O=C1c2ccc3c4ccc5c6c(ccc(c7ccc(c2c37)C(=O)N1c1cc(Br)cc(Br)c1)c64)C(=O)N(c1cc(Br)cc(Br)c1)C5=O. The second-order valence-electron chi connectivity index (χ2n) is 11.3. The van der Waals surface area contributed by atoms with E-state index in [4.69, 9.17) is 0 Å². The number of hydrogen-bond donors (Lipinski definition) is 0. The number of carbonyl (C=O) groups excluding carboxylic acids is 4. The lowest BCUT2D eigenvalue weighted by Gasteiger charge is -2.30. The van der Waals surface area contributed by atoms with Crippen molar-refractivity contribution in [3.63, 3.8) is 0 Å². The van der Waals surface area contributed by atoms with Crippen LogP contribution in [0.1, 0.15) is 41.4 Å². The first kappa shape index (κ1) is 28.3. The van der Waals surface area contributed by atoms with Crippen LogP contribution in [0.25, 0.3) is 43.1 Å². The van der Waals surface area contributed by atoms with Crippen molar-refractivity contribution in [1.29, 1.82) is 0 Å². The number of anilines is 2. The Labute approximate surface area is 293 Å². The van der Waals surface area contributed by atoms with Gasteiger partial charge < -0.3 is 0 Å². The molecule has 2 aliphatic rings. The second-order valence-corrected chi connectivity index (χ2v) is 15.0. The molecule has 0 unspecified atom stereocenters. The lowest BCUT2D eigenvalue weighted by molar-refractivity contribution is 0.0877. The smallest absolute Gasteiger partial charge is 0.265 e. The van der Waals surface area contributed by atoms with Gasteiger partial charge in [0.05, 0.1) is 11.4 Å². The molecule has 0 N–H and O–H groups in total. The Hall–Kier alpha value is -3.96. The summed E-state index contributed by atoms with van der Waals surface area (Å²) in [4.78, 5) is 58.4. The van der Waals surface area contributed by atoms with Crippen LogP contribution in [0.3, 0.4) is 0 Å². The molecule has 46 heavy (non-hydrogen) atoms. The zero-order valence-corrected chi connectivity index (χ0v) is 29.5. The number of amides is 4. The zero-order valence-electron chi connectivity index (χ0n) is 23.1. The van der Waals surface area contributed by atoms with E-state index in [0.717, 1.165) is 50.2 Å². The molecular formula is C36H14Br4N2O4. The van der Waals surface area contributed by atoms with E-state index in [1.807, 2.05) is 36.4 Å². The second kappa shape index (κ2) is 9.78. The van der Waals surface area contributed by atoms with E-state index in [9.17, 15) is 19.2 Å². The van der Waals surface area contributed by atoms with Crippen molar-refractivity contribution < 1.29 is 19.2 Å². The van der Waals surface area contributed by atoms with Crippen LogP contribution in [0.4, 0.5) is 11.4 Å². The monoisotopic (exact) mass is 854 g/mol. The third kappa shape index (κ3) is 3.72. The molecule has 0 spiro atoms. The van der Waals surface area contributed by atoms with Crippen LogP contribution in [-0.2, 0) is 0 Å². The van der Waals surface area contributed by atoms with E-state index < -0.39 is 23.6 Å². The van der Waals surface area contributed by atoms with Gasteiger partial charge in [-0.2, -0.15) is 0 Å². The zero-order chi connectivity index (χ0) is 31.8. The standard InChI is InChI=1S/C36H14Br4N2O4/c37-15-9-16(38)12-19(11-15)41-33(43)25-5-1-21-22-2-6-27-32-28(36(46)42(35(27)45)20-13-17(39)10-18(40)14-20)8-4-24(30(22)32)23-3-7-26(34(41)44)31(25)29(21)23/h1-14H. The lowest BCUT2D eigenvalue weighted by Crippen LogP contribution is -2.40. The highest BCUT2D eigenvalue weighted by molar-refractivity contribution is 9.11. The summed E-state index contributed by atoms with van der Waals surface area (Å²) in [7, 11) is 0. The predicted molar refractivity (Wildman–Crippen MR) is 194 cm³/mol. The summed E-state index contributed by atoms with van der Waals surface area (Å²) in [5.41, 5.74) is 2.64. The number of carbonyl (C=O) groups is 4. The molecule has 4 amide bonds. The van der Waals surface area contributed by atoms with Gasteiger partial charge in [0.1, 0.15) is 0 Å². The number of nitrogens with zero attached hydrogens (tertiary/aromatic N) is 2. The number of fused-ring (bicyclic) bond motifs is 2. The molecule has 10 heteroatoms. The molecule has 9 rings (SSSR count). The van der Waals surface area contributed by atoms with Crippen LogP contribution in [0, 0.1) is 0 Å². The van der Waals surface area contributed by atoms with Crippen molar-refractivity contribution in [3.8, 4) is 0 Å². The van der Waals surface area contributed by atoms with Crippen molar-refractivity contribution in [1.82, 2.24) is 0 Å². The fourth-order valence-electron chi connectivity index (χ4n) is 7.07. The maximum Gasteiger partial charge on any atom is 0.265 e. The molecule has 0 radical (unpaired) electrons. The van der Waals surface area contributed by atoms with Crippen molar-refractivity contribution >= 4 is 142 Å². The van der Waals surface area contributed by atoms with Gasteiger partial charge in [0.25, 0.3) is 23.6 Å². The molecule has 220 valence electrons. The average Bonchev–Trinajstić information content (AvgIpc) is 3.01. The van der Waals surface area contributed by atoms with Crippen LogP contribution in [0.15, 0.2) is 103 Å². The largest absolute Gasteiger partial charge is 0.268 e. The van der Waals surface area contributed by atoms with E-state index in [2.05, 4.69) is 63.7 Å². The van der Waals surface area contributed by atoms with Gasteiger partial charge in [-0.3, -0.25) is 19.2 Å². The van der Waals surface area contributed by atoms with Gasteiger partial charge in [-0.1, -0.05) is 88.0 Å². The summed E-state index contributed by atoms with van der Waals surface area (Å²) < 4.78 is 2.92. The molecule has 0 aromatic heterocycles. The van der Waals surface area contributed by atoms with Crippen molar-refractivity contribution in [2.24, 2.45) is 0 Å². The number of rotatable bonds is 2. The predicted octanol–water partition coefficient (Wildman–Crippen LogP) is 10.4. The van der Waals surface area contributed by atoms with Crippen molar-refractivity contribution in [2.75, 3.05) is 9.80 Å². The highest BCUT2D eigenvalue weighted by Gasteiger charge is 2.38. The fraction of sp³-hybridized carbons (Fsp3) is 0. The Kier molecular flexibility index (Phi) is 6.01. The molecule has 7 aromatic carbocycles. The van der Waals surface area contributed by atoms with E-state index in [1.165, 1.54) is 9.80 Å². The maximum atomic E-state index is 14.0. The minimum absolute atomic E-state index is 0.405. The molecule has 0 fully saturated rings. The first-order chi connectivity index (χ1) is 22.1. The molecule has 0 saturated carbocycles. The molecule has 0 atom stereocenters.